The van der Waals surface area contributed by atoms with Crippen molar-refractivity contribution in [2.24, 2.45) is 0 Å². The van der Waals surface area contributed by atoms with Crippen LogP contribution in [0.1, 0.15) is 234 Å². The standard InChI is InChI=1S/3C14H31O4P.Nd/c3*1-3-5-7-9-11-13-17-19(15,16)18-14-12-10-8-6-4-2;/h3*3-14H2,1-2H3,(H,15,16);/q;;;+3/p-3. The van der Waals surface area contributed by atoms with Crippen molar-refractivity contribution in [1.82, 2.24) is 0 Å². The van der Waals surface area contributed by atoms with E-state index >= 15 is 0 Å². The summed E-state index contributed by atoms with van der Waals surface area (Å²) in [6, 6.07) is 0. The van der Waals surface area contributed by atoms with Crippen LogP contribution in [-0.4, -0.2) is 39.6 Å². The molecule has 1 radical (unpaired) electrons. The van der Waals surface area contributed by atoms with Crippen molar-refractivity contribution < 1.29 is 96.4 Å². The summed E-state index contributed by atoms with van der Waals surface area (Å²) in [7, 11) is -12.2. The summed E-state index contributed by atoms with van der Waals surface area (Å²) in [6.45, 7) is 14.4. The second kappa shape index (κ2) is 51.3. The van der Waals surface area contributed by atoms with Crippen LogP contribution in [0.3, 0.4) is 0 Å². The van der Waals surface area contributed by atoms with E-state index in [1.807, 2.05) is 0 Å². The molecule has 0 aliphatic heterocycles. The van der Waals surface area contributed by atoms with Gasteiger partial charge in [0.1, 0.15) is 0 Å². The van der Waals surface area contributed by atoms with Crippen LogP contribution in [0, 0.1) is 40.8 Å². The summed E-state index contributed by atoms with van der Waals surface area (Å²) in [5.74, 6) is 0. The zero-order valence-electron chi connectivity index (χ0n) is 38.2. The van der Waals surface area contributed by atoms with Crippen LogP contribution in [0.2, 0.25) is 0 Å². The fourth-order valence-corrected chi connectivity index (χ4v) is 7.74. The summed E-state index contributed by atoms with van der Waals surface area (Å²) < 4.78 is 63.1. The van der Waals surface area contributed by atoms with Crippen molar-refractivity contribution in [1.29, 1.82) is 0 Å². The van der Waals surface area contributed by atoms with Gasteiger partial charge >= 0.3 is 40.8 Å². The quantitative estimate of drug-likeness (QED) is 0.0418. The predicted molar refractivity (Wildman–Crippen MR) is 231 cm³/mol. The third-order valence-corrected chi connectivity index (χ3v) is 12.0. The van der Waals surface area contributed by atoms with Crippen molar-refractivity contribution in [3.05, 3.63) is 0 Å². The minimum absolute atomic E-state index is 0. The molecule has 58 heavy (non-hydrogen) atoms. The van der Waals surface area contributed by atoms with Crippen LogP contribution in [0.4, 0.5) is 0 Å². The van der Waals surface area contributed by atoms with E-state index in [2.05, 4.69) is 41.5 Å². The van der Waals surface area contributed by atoms with Crippen LogP contribution in [-0.2, 0) is 40.8 Å². The number of phosphoric acid groups is 3. The molecular formula is C42H90NdO12P3. The van der Waals surface area contributed by atoms with E-state index < -0.39 is 23.5 Å². The molecule has 0 aliphatic rings. The SMILES string of the molecule is CCCCCCCOP(=O)([O-])OCCCCCCC.CCCCCCCOP(=O)([O-])OCCCCCCC.CCCCCCCOP(=O)([O-])OCCCCCCC.[Nd+3]. The summed E-state index contributed by atoms with van der Waals surface area (Å²) in [5.41, 5.74) is 0. The fourth-order valence-electron chi connectivity index (χ4n) is 5.40. The monoisotopic (exact) mass is 1020 g/mol. The third-order valence-electron chi connectivity index (χ3n) is 8.98. The molecule has 0 N–H and O–H groups in total. The van der Waals surface area contributed by atoms with Crippen molar-refractivity contribution in [2.75, 3.05) is 39.6 Å². The number of unbranched alkanes of at least 4 members (excludes halogenated alkanes) is 24. The smallest absolute Gasteiger partial charge is 0.756 e. The van der Waals surface area contributed by atoms with Crippen molar-refractivity contribution in [3.8, 4) is 0 Å². The molecule has 0 saturated carbocycles. The molecule has 12 nitrogen and oxygen atoms in total. The third kappa shape index (κ3) is 59.8. The molecular weight excluding hydrogens is 934 g/mol. The van der Waals surface area contributed by atoms with Gasteiger partial charge in [-0.25, -0.2) is 0 Å². The average Bonchev–Trinajstić information content (AvgIpc) is 3.17. The van der Waals surface area contributed by atoms with Gasteiger partial charge in [-0.3, -0.25) is 13.7 Å². The number of phosphoric ester groups is 3. The first-order valence-electron chi connectivity index (χ1n) is 23.2. The van der Waals surface area contributed by atoms with Gasteiger partial charge in [0.05, 0.1) is 39.6 Å². The van der Waals surface area contributed by atoms with Gasteiger partial charge in [0, 0.05) is 0 Å². The Morgan fingerprint density at radius 1 is 0.259 bits per heavy atom. The van der Waals surface area contributed by atoms with Gasteiger partial charge in [-0.2, -0.15) is 0 Å². The first kappa shape index (κ1) is 66.3. The van der Waals surface area contributed by atoms with Crippen LogP contribution in [0.25, 0.3) is 0 Å². The Morgan fingerprint density at radius 3 is 0.500 bits per heavy atom. The zero-order chi connectivity index (χ0) is 43.2. The first-order valence-corrected chi connectivity index (χ1v) is 27.5. The Morgan fingerprint density at radius 2 is 0.379 bits per heavy atom. The second-order valence-electron chi connectivity index (χ2n) is 14.8. The first-order chi connectivity index (χ1) is 27.4. The molecule has 0 unspecified atom stereocenters. The maximum atomic E-state index is 11.4. The van der Waals surface area contributed by atoms with Gasteiger partial charge in [0.25, 0.3) is 23.5 Å². The van der Waals surface area contributed by atoms with E-state index in [0.717, 1.165) is 116 Å². The molecule has 349 valence electrons. The van der Waals surface area contributed by atoms with Crippen molar-refractivity contribution in [3.63, 3.8) is 0 Å². The van der Waals surface area contributed by atoms with Gasteiger partial charge < -0.3 is 41.8 Å². The molecule has 0 bridgehead atoms. The van der Waals surface area contributed by atoms with E-state index in [4.69, 9.17) is 27.1 Å². The van der Waals surface area contributed by atoms with Gasteiger partial charge in [-0.15, -0.1) is 0 Å². The van der Waals surface area contributed by atoms with E-state index in [0.29, 0.717) is 0 Å². The number of hydrogen-bond acceptors (Lipinski definition) is 12. The molecule has 0 amide bonds. The number of rotatable bonds is 42. The Hall–Kier alpha value is 1.68. The van der Waals surface area contributed by atoms with E-state index in [1.54, 1.807) is 0 Å². The maximum absolute atomic E-state index is 11.4. The average molecular weight is 1020 g/mol. The molecule has 0 heterocycles. The molecule has 0 aromatic heterocycles. The second-order valence-corrected chi connectivity index (χ2v) is 19.1. The van der Waals surface area contributed by atoms with E-state index in [9.17, 15) is 28.4 Å². The topological polar surface area (TPSA) is 176 Å². The molecule has 0 saturated heterocycles. The maximum Gasteiger partial charge on any atom is 3.00 e. The van der Waals surface area contributed by atoms with Crippen LogP contribution in [0.15, 0.2) is 0 Å². The fraction of sp³-hybridized carbons (Fsp3) is 1.00. The van der Waals surface area contributed by atoms with Crippen molar-refractivity contribution >= 4 is 23.5 Å². The minimum atomic E-state index is -4.05. The molecule has 0 aliphatic carbocycles. The Labute approximate surface area is 390 Å². The molecule has 0 atom stereocenters. The van der Waals surface area contributed by atoms with E-state index in [-0.39, 0.29) is 80.5 Å². The molecule has 0 rings (SSSR count). The summed E-state index contributed by atoms with van der Waals surface area (Å²) in [6.07, 6.45) is 31.9. The number of hydrogen-bond donors (Lipinski definition) is 0. The molecule has 0 spiro atoms. The zero-order valence-corrected chi connectivity index (χ0v) is 44.1. The van der Waals surface area contributed by atoms with Gasteiger partial charge in [-0.1, -0.05) is 196 Å². The molecule has 16 heteroatoms. The van der Waals surface area contributed by atoms with Crippen LogP contribution in [0.5, 0.6) is 0 Å². The Balaban J connectivity index is -0.000000374. The largest absolute Gasteiger partial charge is 3.00 e. The predicted octanol–water partition coefficient (Wildman–Crippen LogP) is 13.3. The van der Waals surface area contributed by atoms with Gasteiger partial charge in [-0.05, 0) is 38.5 Å². The van der Waals surface area contributed by atoms with Gasteiger partial charge in [0.2, 0.25) is 0 Å². The van der Waals surface area contributed by atoms with Crippen LogP contribution >= 0.6 is 23.5 Å². The summed E-state index contributed by atoms with van der Waals surface area (Å²) >= 11 is 0. The van der Waals surface area contributed by atoms with Crippen molar-refractivity contribution in [2.45, 2.75) is 234 Å². The van der Waals surface area contributed by atoms with E-state index in [1.165, 1.54) is 77.0 Å². The Kier molecular flexibility index (Phi) is 58.6. The Bertz CT molecular complexity index is 762. The normalized spacial score (nSPS) is 11.7. The molecule has 0 aromatic rings. The molecule has 0 aromatic carbocycles. The summed E-state index contributed by atoms with van der Waals surface area (Å²) in [4.78, 5) is 34.2. The van der Waals surface area contributed by atoms with Crippen LogP contribution < -0.4 is 14.7 Å². The molecule has 0 fully saturated rings. The minimum Gasteiger partial charge on any atom is -0.756 e. The van der Waals surface area contributed by atoms with Gasteiger partial charge in [0.15, 0.2) is 0 Å². The summed E-state index contributed by atoms with van der Waals surface area (Å²) in [5, 5.41) is 0.